The highest BCUT2D eigenvalue weighted by molar-refractivity contribution is 9.10. The molecule has 1 unspecified atom stereocenters. The summed E-state index contributed by atoms with van der Waals surface area (Å²) in [4.78, 5) is 0. The zero-order chi connectivity index (χ0) is 10.1. The molecule has 1 heterocycles. The van der Waals surface area contributed by atoms with E-state index in [0.717, 1.165) is 16.6 Å². The van der Waals surface area contributed by atoms with Gasteiger partial charge >= 0.3 is 0 Å². The van der Waals surface area contributed by atoms with E-state index < -0.39 is 0 Å². The number of nitrogens with two attached hydrogens (primary N) is 1. The predicted octanol–water partition coefficient (Wildman–Crippen LogP) is 2.32. The van der Waals surface area contributed by atoms with Crippen LogP contribution in [0, 0.1) is 0 Å². The minimum Gasteiger partial charge on any atom is -0.386 e. The van der Waals surface area contributed by atoms with E-state index in [9.17, 15) is 0 Å². The maximum absolute atomic E-state index is 5.69. The summed E-state index contributed by atoms with van der Waals surface area (Å²) < 4.78 is 1.06. The SMILES string of the molecule is CC1CC(N)=NN1c1cccc(Br)c1. The quantitative estimate of drug-likeness (QED) is 0.835. The van der Waals surface area contributed by atoms with Crippen molar-refractivity contribution in [3.05, 3.63) is 28.7 Å². The molecule has 0 fully saturated rings. The van der Waals surface area contributed by atoms with Crippen LogP contribution < -0.4 is 10.7 Å². The summed E-state index contributed by atoms with van der Waals surface area (Å²) in [5.41, 5.74) is 6.76. The first-order chi connectivity index (χ1) is 6.66. The maximum Gasteiger partial charge on any atom is 0.122 e. The van der Waals surface area contributed by atoms with E-state index in [4.69, 9.17) is 5.73 Å². The Morgan fingerprint density at radius 3 is 2.93 bits per heavy atom. The van der Waals surface area contributed by atoms with Gasteiger partial charge in [0, 0.05) is 10.9 Å². The summed E-state index contributed by atoms with van der Waals surface area (Å²) in [6.07, 6.45) is 0.840. The Kier molecular flexibility index (Phi) is 2.46. The van der Waals surface area contributed by atoms with Gasteiger partial charge in [-0.3, -0.25) is 5.01 Å². The zero-order valence-electron chi connectivity index (χ0n) is 7.94. The summed E-state index contributed by atoms with van der Waals surface area (Å²) >= 11 is 3.44. The summed E-state index contributed by atoms with van der Waals surface area (Å²) in [5, 5.41) is 6.25. The van der Waals surface area contributed by atoms with Crippen LogP contribution in [0.15, 0.2) is 33.8 Å². The average molecular weight is 254 g/mol. The number of hydrogen-bond donors (Lipinski definition) is 1. The first-order valence-electron chi connectivity index (χ1n) is 4.54. The van der Waals surface area contributed by atoms with E-state index in [0.29, 0.717) is 11.9 Å². The molecule has 74 valence electrons. The highest BCUT2D eigenvalue weighted by Gasteiger charge is 2.21. The third-order valence-electron chi connectivity index (χ3n) is 2.23. The van der Waals surface area contributed by atoms with Crippen LogP contribution in [0.3, 0.4) is 0 Å². The Bertz CT molecular complexity index is 375. The summed E-state index contributed by atoms with van der Waals surface area (Å²) in [7, 11) is 0. The first kappa shape index (κ1) is 9.52. The maximum atomic E-state index is 5.69. The molecule has 14 heavy (non-hydrogen) atoms. The van der Waals surface area contributed by atoms with Gasteiger partial charge in [0.05, 0.1) is 11.7 Å². The molecule has 2 N–H and O–H groups in total. The summed E-state index contributed by atoms with van der Waals surface area (Å²) in [6, 6.07) is 8.42. The van der Waals surface area contributed by atoms with Crippen molar-refractivity contribution in [3.63, 3.8) is 0 Å². The fourth-order valence-corrected chi connectivity index (χ4v) is 1.98. The molecule has 0 saturated carbocycles. The van der Waals surface area contributed by atoms with E-state index in [1.165, 1.54) is 0 Å². The van der Waals surface area contributed by atoms with Crippen LogP contribution in [0.2, 0.25) is 0 Å². The van der Waals surface area contributed by atoms with Crippen LogP contribution in [-0.2, 0) is 0 Å². The monoisotopic (exact) mass is 253 g/mol. The Morgan fingerprint density at radius 2 is 2.36 bits per heavy atom. The molecule has 1 aromatic carbocycles. The van der Waals surface area contributed by atoms with Crippen LogP contribution in [-0.4, -0.2) is 11.9 Å². The van der Waals surface area contributed by atoms with Crippen molar-refractivity contribution in [2.45, 2.75) is 19.4 Å². The predicted molar refractivity (Wildman–Crippen MR) is 62.3 cm³/mol. The van der Waals surface area contributed by atoms with E-state index in [1.54, 1.807) is 0 Å². The van der Waals surface area contributed by atoms with Crippen molar-refractivity contribution >= 4 is 27.5 Å². The van der Waals surface area contributed by atoms with Gasteiger partial charge in [0.15, 0.2) is 0 Å². The molecule has 0 aromatic heterocycles. The standard InChI is InChI=1S/C10H12BrN3/c1-7-5-10(12)13-14(7)9-4-2-3-8(11)6-9/h2-4,6-7H,5H2,1H3,(H2,12,13). The lowest BCUT2D eigenvalue weighted by Gasteiger charge is -2.19. The zero-order valence-corrected chi connectivity index (χ0v) is 9.53. The number of rotatable bonds is 1. The Balaban J connectivity index is 2.31. The molecule has 0 saturated heterocycles. The summed E-state index contributed by atoms with van der Waals surface area (Å²) in [6.45, 7) is 2.12. The molecule has 1 aromatic rings. The van der Waals surface area contributed by atoms with E-state index >= 15 is 0 Å². The molecule has 4 heteroatoms. The Labute approximate surface area is 91.7 Å². The number of amidine groups is 1. The Morgan fingerprint density at radius 1 is 1.57 bits per heavy atom. The van der Waals surface area contributed by atoms with Crippen molar-refractivity contribution < 1.29 is 0 Å². The van der Waals surface area contributed by atoms with Crippen molar-refractivity contribution in [2.24, 2.45) is 10.8 Å². The van der Waals surface area contributed by atoms with E-state index in [-0.39, 0.29) is 0 Å². The molecule has 1 atom stereocenters. The van der Waals surface area contributed by atoms with Gasteiger partial charge in [0.2, 0.25) is 0 Å². The fraction of sp³-hybridized carbons (Fsp3) is 0.300. The summed E-state index contributed by atoms with van der Waals surface area (Å²) in [5.74, 6) is 0.706. The highest BCUT2D eigenvalue weighted by atomic mass is 79.9. The molecule has 3 nitrogen and oxygen atoms in total. The minimum atomic E-state index is 0.351. The minimum absolute atomic E-state index is 0.351. The molecule has 2 rings (SSSR count). The van der Waals surface area contributed by atoms with Gasteiger partial charge in [-0.25, -0.2) is 0 Å². The van der Waals surface area contributed by atoms with Gasteiger partial charge in [-0.05, 0) is 25.1 Å². The lowest BCUT2D eigenvalue weighted by atomic mass is 10.2. The van der Waals surface area contributed by atoms with Crippen LogP contribution >= 0.6 is 15.9 Å². The molecular formula is C10H12BrN3. The second-order valence-corrected chi connectivity index (χ2v) is 4.38. The molecule has 0 spiro atoms. The number of hydrazone groups is 1. The normalized spacial score (nSPS) is 21.1. The van der Waals surface area contributed by atoms with Crippen LogP contribution in [0.25, 0.3) is 0 Å². The van der Waals surface area contributed by atoms with Crippen molar-refractivity contribution in [1.29, 1.82) is 0 Å². The third-order valence-corrected chi connectivity index (χ3v) is 2.72. The number of halogens is 1. The average Bonchev–Trinajstić information content (AvgIpc) is 2.45. The third kappa shape index (κ3) is 1.75. The lowest BCUT2D eigenvalue weighted by molar-refractivity contribution is 0.723. The lowest BCUT2D eigenvalue weighted by Crippen LogP contribution is -2.22. The molecule has 0 amide bonds. The molecule has 1 aliphatic rings. The highest BCUT2D eigenvalue weighted by Crippen LogP contribution is 2.25. The fourth-order valence-electron chi connectivity index (χ4n) is 1.60. The van der Waals surface area contributed by atoms with Crippen molar-refractivity contribution in [3.8, 4) is 0 Å². The van der Waals surface area contributed by atoms with Gasteiger partial charge < -0.3 is 5.73 Å². The van der Waals surface area contributed by atoms with Gasteiger partial charge in [0.25, 0.3) is 0 Å². The van der Waals surface area contributed by atoms with Gasteiger partial charge in [-0.1, -0.05) is 22.0 Å². The topological polar surface area (TPSA) is 41.6 Å². The van der Waals surface area contributed by atoms with E-state index in [2.05, 4.69) is 28.0 Å². The second kappa shape index (κ2) is 3.61. The van der Waals surface area contributed by atoms with Gasteiger partial charge in [0.1, 0.15) is 5.84 Å². The van der Waals surface area contributed by atoms with Gasteiger partial charge in [-0.15, -0.1) is 0 Å². The van der Waals surface area contributed by atoms with Crippen LogP contribution in [0.4, 0.5) is 5.69 Å². The number of hydrogen-bond acceptors (Lipinski definition) is 3. The number of anilines is 1. The molecular weight excluding hydrogens is 242 g/mol. The van der Waals surface area contributed by atoms with E-state index in [1.807, 2.05) is 29.3 Å². The van der Waals surface area contributed by atoms with Crippen LogP contribution in [0.1, 0.15) is 13.3 Å². The molecule has 0 bridgehead atoms. The smallest absolute Gasteiger partial charge is 0.122 e. The second-order valence-electron chi connectivity index (χ2n) is 3.47. The first-order valence-corrected chi connectivity index (χ1v) is 5.34. The molecule has 1 aliphatic heterocycles. The number of benzene rings is 1. The van der Waals surface area contributed by atoms with Crippen molar-refractivity contribution in [2.75, 3.05) is 5.01 Å². The van der Waals surface area contributed by atoms with Crippen LogP contribution in [0.5, 0.6) is 0 Å². The Hall–Kier alpha value is -1.03. The molecule has 0 radical (unpaired) electrons. The largest absolute Gasteiger partial charge is 0.386 e. The number of nitrogens with zero attached hydrogens (tertiary/aromatic N) is 2. The van der Waals surface area contributed by atoms with Gasteiger partial charge in [-0.2, -0.15) is 5.10 Å². The molecule has 0 aliphatic carbocycles. The van der Waals surface area contributed by atoms with Crippen molar-refractivity contribution in [1.82, 2.24) is 0 Å².